The average molecular weight is 256 g/mol. The minimum atomic E-state index is -0.134. The molecule has 3 rings (SSSR count). The molecule has 19 heavy (non-hydrogen) atoms. The van der Waals surface area contributed by atoms with E-state index in [2.05, 4.69) is 21.4 Å². The number of aryl methyl sites for hydroxylation is 2. The highest BCUT2D eigenvalue weighted by molar-refractivity contribution is 5.50. The molecule has 4 N–H and O–H groups in total. The monoisotopic (exact) mass is 256 g/mol. The van der Waals surface area contributed by atoms with E-state index in [9.17, 15) is 4.79 Å². The lowest BCUT2D eigenvalue weighted by molar-refractivity contribution is 0.754. The molecule has 1 unspecified atom stereocenters. The Hall–Kier alpha value is -2.30. The van der Waals surface area contributed by atoms with E-state index < -0.39 is 0 Å². The summed E-state index contributed by atoms with van der Waals surface area (Å²) in [5, 5.41) is 3.33. The number of anilines is 2. The Morgan fingerprint density at radius 3 is 3.05 bits per heavy atom. The third-order valence-corrected chi connectivity index (χ3v) is 3.43. The molecular formula is C14H16N4O. The van der Waals surface area contributed by atoms with Gasteiger partial charge in [0.15, 0.2) is 0 Å². The lowest BCUT2D eigenvalue weighted by Gasteiger charge is -2.15. The molecule has 5 nitrogen and oxygen atoms in total. The summed E-state index contributed by atoms with van der Waals surface area (Å²) in [7, 11) is 0. The summed E-state index contributed by atoms with van der Waals surface area (Å²) in [4.78, 5) is 18.4. The normalized spacial score (nSPS) is 17.2. The second-order valence-corrected chi connectivity index (χ2v) is 4.91. The number of aromatic nitrogens is 2. The SMILES string of the molecule is Cc1nc(NC2CCc3cc(N)ccc32)cc(=O)[nH]1. The van der Waals surface area contributed by atoms with Gasteiger partial charge < -0.3 is 16.0 Å². The predicted octanol–water partition coefficient (Wildman–Crippen LogP) is 1.76. The summed E-state index contributed by atoms with van der Waals surface area (Å²) in [6.45, 7) is 1.77. The van der Waals surface area contributed by atoms with Crippen LogP contribution in [0.25, 0.3) is 0 Å². The maximum Gasteiger partial charge on any atom is 0.252 e. The maximum atomic E-state index is 11.4. The molecule has 1 aromatic carbocycles. The molecule has 0 saturated heterocycles. The van der Waals surface area contributed by atoms with Gasteiger partial charge in [-0.1, -0.05) is 6.07 Å². The number of nitrogens with one attached hydrogen (secondary N) is 2. The van der Waals surface area contributed by atoms with Gasteiger partial charge in [0.05, 0.1) is 6.04 Å². The van der Waals surface area contributed by atoms with Gasteiger partial charge in [-0.3, -0.25) is 4.79 Å². The van der Waals surface area contributed by atoms with E-state index >= 15 is 0 Å². The molecule has 1 heterocycles. The van der Waals surface area contributed by atoms with E-state index in [1.807, 2.05) is 12.1 Å². The molecule has 1 atom stereocenters. The van der Waals surface area contributed by atoms with E-state index in [4.69, 9.17) is 5.73 Å². The fraction of sp³-hybridized carbons (Fsp3) is 0.286. The van der Waals surface area contributed by atoms with Crippen molar-refractivity contribution in [3.05, 3.63) is 51.6 Å². The zero-order valence-electron chi connectivity index (χ0n) is 10.7. The fourth-order valence-electron chi connectivity index (χ4n) is 2.62. The van der Waals surface area contributed by atoms with Gasteiger partial charge >= 0.3 is 0 Å². The standard InChI is InChI=1S/C14H16N4O/c1-8-16-13(7-14(19)17-8)18-12-5-2-9-6-10(15)3-4-11(9)12/h3-4,6-7,12H,2,5,15H2,1H3,(H2,16,17,18,19). The highest BCUT2D eigenvalue weighted by Crippen LogP contribution is 2.34. The van der Waals surface area contributed by atoms with Crippen LogP contribution in [0.15, 0.2) is 29.1 Å². The first-order chi connectivity index (χ1) is 9.11. The first-order valence-corrected chi connectivity index (χ1v) is 6.34. The van der Waals surface area contributed by atoms with Crippen LogP contribution >= 0.6 is 0 Å². The molecule has 98 valence electrons. The number of H-pyrrole nitrogens is 1. The van der Waals surface area contributed by atoms with Crippen molar-refractivity contribution in [3.63, 3.8) is 0 Å². The molecule has 0 spiro atoms. The Bertz CT molecular complexity index is 677. The highest BCUT2D eigenvalue weighted by atomic mass is 16.1. The Morgan fingerprint density at radius 2 is 2.26 bits per heavy atom. The quantitative estimate of drug-likeness (QED) is 0.715. The zero-order valence-corrected chi connectivity index (χ0v) is 10.7. The van der Waals surface area contributed by atoms with Crippen LogP contribution in [-0.2, 0) is 6.42 Å². The average Bonchev–Trinajstić information content (AvgIpc) is 2.70. The molecule has 0 bridgehead atoms. The number of aromatic amines is 1. The van der Waals surface area contributed by atoms with Crippen LogP contribution in [0.1, 0.15) is 29.4 Å². The van der Waals surface area contributed by atoms with Crippen molar-refractivity contribution in [2.24, 2.45) is 0 Å². The summed E-state index contributed by atoms with van der Waals surface area (Å²) < 4.78 is 0. The van der Waals surface area contributed by atoms with Crippen LogP contribution < -0.4 is 16.6 Å². The topological polar surface area (TPSA) is 83.8 Å². The van der Waals surface area contributed by atoms with Crippen molar-refractivity contribution in [1.82, 2.24) is 9.97 Å². The minimum absolute atomic E-state index is 0.134. The zero-order chi connectivity index (χ0) is 13.4. The van der Waals surface area contributed by atoms with Crippen molar-refractivity contribution in [2.45, 2.75) is 25.8 Å². The number of nitrogens with two attached hydrogens (primary N) is 1. The molecule has 0 saturated carbocycles. The molecule has 0 radical (unpaired) electrons. The van der Waals surface area contributed by atoms with Gasteiger partial charge in [0.1, 0.15) is 11.6 Å². The molecule has 0 amide bonds. The minimum Gasteiger partial charge on any atom is -0.399 e. The second-order valence-electron chi connectivity index (χ2n) is 4.91. The van der Waals surface area contributed by atoms with Crippen LogP contribution in [0.3, 0.4) is 0 Å². The first kappa shape index (κ1) is 11.8. The second kappa shape index (κ2) is 4.42. The van der Waals surface area contributed by atoms with Crippen LogP contribution in [0.2, 0.25) is 0 Å². The van der Waals surface area contributed by atoms with E-state index in [-0.39, 0.29) is 11.6 Å². The smallest absolute Gasteiger partial charge is 0.252 e. The first-order valence-electron chi connectivity index (χ1n) is 6.34. The summed E-state index contributed by atoms with van der Waals surface area (Å²) in [6, 6.07) is 7.67. The van der Waals surface area contributed by atoms with Crippen molar-refractivity contribution in [3.8, 4) is 0 Å². The lowest BCUT2D eigenvalue weighted by atomic mass is 10.1. The molecule has 0 fully saturated rings. The van der Waals surface area contributed by atoms with Crippen LogP contribution in [0, 0.1) is 6.92 Å². The molecular weight excluding hydrogens is 240 g/mol. The lowest BCUT2D eigenvalue weighted by Crippen LogP contribution is -2.14. The molecule has 1 aliphatic carbocycles. The van der Waals surface area contributed by atoms with E-state index in [0.717, 1.165) is 18.5 Å². The largest absolute Gasteiger partial charge is 0.399 e. The van der Waals surface area contributed by atoms with Gasteiger partial charge in [-0.25, -0.2) is 4.98 Å². The number of hydrogen-bond donors (Lipinski definition) is 3. The van der Waals surface area contributed by atoms with Crippen LogP contribution in [-0.4, -0.2) is 9.97 Å². The van der Waals surface area contributed by atoms with Crippen molar-refractivity contribution >= 4 is 11.5 Å². The maximum absolute atomic E-state index is 11.4. The Morgan fingerprint density at radius 1 is 1.42 bits per heavy atom. The third kappa shape index (κ3) is 2.31. The number of fused-ring (bicyclic) bond motifs is 1. The number of rotatable bonds is 2. The van der Waals surface area contributed by atoms with Gasteiger partial charge in [-0.2, -0.15) is 0 Å². The number of benzene rings is 1. The van der Waals surface area contributed by atoms with Gasteiger partial charge in [-0.05, 0) is 43.0 Å². The van der Waals surface area contributed by atoms with Crippen molar-refractivity contribution in [2.75, 3.05) is 11.1 Å². The van der Waals surface area contributed by atoms with Crippen LogP contribution in [0.4, 0.5) is 11.5 Å². The Labute approximate surface area is 110 Å². The van der Waals surface area contributed by atoms with Crippen molar-refractivity contribution < 1.29 is 0 Å². The van der Waals surface area contributed by atoms with E-state index in [0.29, 0.717) is 11.6 Å². The van der Waals surface area contributed by atoms with Gasteiger partial charge in [0.25, 0.3) is 5.56 Å². The molecule has 1 aromatic heterocycles. The fourth-order valence-corrected chi connectivity index (χ4v) is 2.62. The molecule has 0 aliphatic heterocycles. The third-order valence-electron chi connectivity index (χ3n) is 3.43. The number of nitrogens with zero attached hydrogens (tertiary/aromatic N) is 1. The Balaban J connectivity index is 1.88. The Kier molecular flexibility index (Phi) is 2.74. The summed E-state index contributed by atoms with van der Waals surface area (Å²) in [5.74, 6) is 1.24. The number of hydrogen-bond acceptors (Lipinski definition) is 4. The van der Waals surface area contributed by atoms with Gasteiger partial charge in [-0.15, -0.1) is 0 Å². The van der Waals surface area contributed by atoms with E-state index in [1.54, 1.807) is 6.92 Å². The molecule has 2 aromatic rings. The molecule has 1 aliphatic rings. The van der Waals surface area contributed by atoms with E-state index in [1.165, 1.54) is 17.2 Å². The van der Waals surface area contributed by atoms with Crippen molar-refractivity contribution in [1.29, 1.82) is 0 Å². The summed E-state index contributed by atoms with van der Waals surface area (Å²) >= 11 is 0. The molecule has 5 heteroatoms. The van der Waals surface area contributed by atoms with Crippen LogP contribution in [0.5, 0.6) is 0 Å². The summed E-state index contributed by atoms with van der Waals surface area (Å²) in [6.07, 6.45) is 1.99. The van der Waals surface area contributed by atoms with Gasteiger partial charge in [0.2, 0.25) is 0 Å². The number of nitrogen functional groups attached to an aromatic ring is 1. The predicted molar refractivity (Wildman–Crippen MR) is 75.1 cm³/mol. The highest BCUT2D eigenvalue weighted by Gasteiger charge is 2.22. The van der Waals surface area contributed by atoms with Gasteiger partial charge in [0, 0.05) is 11.8 Å². The summed E-state index contributed by atoms with van der Waals surface area (Å²) in [5.41, 5.74) is 8.97.